The molecule has 1 aromatic carbocycles. The van der Waals surface area contributed by atoms with Crippen LogP contribution in [0.2, 0.25) is 0 Å². The zero-order chi connectivity index (χ0) is 9.14. The highest BCUT2D eigenvalue weighted by Gasteiger charge is 2.10. The molecular weight excluding hydrogens is 170 g/mol. The molecular formula is C9H13NOS. The minimum atomic E-state index is -0.972. The number of nitrogens with two attached hydrogens (primary N) is 1. The largest absolute Gasteiger partial charge is 0.398 e. The summed E-state index contributed by atoms with van der Waals surface area (Å²) in [6.07, 6.45) is 0. The van der Waals surface area contributed by atoms with E-state index in [0.29, 0.717) is 5.69 Å². The maximum absolute atomic E-state index is 11.6. The molecule has 0 bridgehead atoms. The number of anilines is 1. The fourth-order valence-electron chi connectivity index (χ4n) is 0.918. The lowest BCUT2D eigenvalue weighted by molar-refractivity contribution is 0.677. The molecule has 0 aliphatic carbocycles. The quantitative estimate of drug-likeness (QED) is 0.710. The summed E-state index contributed by atoms with van der Waals surface area (Å²) in [5, 5.41) is 0.120. The first-order valence-corrected chi connectivity index (χ1v) is 5.09. The molecule has 0 radical (unpaired) electrons. The van der Waals surface area contributed by atoms with Crippen LogP contribution in [0.3, 0.4) is 0 Å². The van der Waals surface area contributed by atoms with Crippen LogP contribution in [0.5, 0.6) is 0 Å². The SMILES string of the molecule is CC(C)S(=O)c1ccccc1N. The topological polar surface area (TPSA) is 43.1 Å². The number of hydrogen-bond acceptors (Lipinski definition) is 2. The molecule has 0 spiro atoms. The van der Waals surface area contributed by atoms with E-state index in [0.717, 1.165) is 4.90 Å². The standard InChI is InChI=1S/C9H13NOS/c1-7(2)12(11)9-6-4-3-5-8(9)10/h3-7H,10H2,1-2H3. The third-order valence-electron chi connectivity index (χ3n) is 1.56. The van der Waals surface area contributed by atoms with E-state index in [1.165, 1.54) is 0 Å². The van der Waals surface area contributed by atoms with Gasteiger partial charge in [0.15, 0.2) is 0 Å². The Balaban J connectivity index is 3.03. The van der Waals surface area contributed by atoms with Gasteiger partial charge >= 0.3 is 0 Å². The molecule has 0 aliphatic rings. The van der Waals surface area contributed by atoms with Crippen molar-refractivity contribution in [1.29, 1.82) is 0 Å². The summed E-state index contributed by atoms with van der Waals surface area (Å²) in [6, 6.07) is 7.28. The van der Waals surface area contributed by atoms with Gasteiger partial charge in [0.2, 0.25) is 0 Å². The predicted molar refractivity (Wildman–Crippen MR) is 52.4 cm³/mol. The Morgan fingerprint density at radius 3 is 2.42 bits per heavy atom. The minimum Gasteiger partial charge on any atom is -0.398 e. The molecule has 1 rings (SSSR count). The van der Waals surface area contributed by atoms with Crippen LogP contribution in [0, 0.1) is 0 Å². The molecule has 3 heteroatoms. The molecule has 2 N–H and O–H groups in total. The maximum Gasteiger partial charge on any atom is 0.0620 e. The highest BCUT2D eigenvalue weighted by Crippen LogP contribution is 2.17. The average Bonchev–Trinajstić information content (AvgIpc) is 2.04. The van der Waals surface area contributed by atoms with Crippen molar-refractivity contribution >= 4 is 16.5 Å². The van der Waals surface area contributed by atoms with E-state index in [1.54, 1.807) is 6.07 Å². The molecule has 0 heterocycles. The normalized spacial score (nSPS) is 13.2. The van der Waals surface area contributed by atoms with Crippen molar-refractivity contribution < 1.29 is 4.21 Å². The van der Waals surface area contributed by atoms with Gasteiger partial charge in [-0.05, 0) is 12.1 Å². The molecule has 0 fully saturated rings. The van der Waals surface area contributed by atoms with Gasteiger partial charge < -0.3 is 5.73 Å². The molecule has 0 aromatic heterocycles. The van der Waals surface area contributed by atoms with Crippen molar-refractivity contribution in [2.24, 2.45) is 0 Å². The van der Waals surface area contributed by atoms with Gasteiger partial charge in [-0.3, -0.25) is 4.21 Å². The first kappa shape index (κ1) is 9.26. The number of para-hydroxylation sites is 1. The zero-order valence-electron chi connectivity index (χ0n) is 7.28. The van der Waals surface area contributed by atoms with Gasteiger partial charge in [0.25, 0.3) is 0 Å². The second-order valence-electron chi connectivity index (χ2n) is 2.88. The third kappa shape index (κ3) is 1.85. The van der Waals surface area contributed by atoms with Crippen LogP contribution in [0.15, 0.2) is 29.2 Å². The first-order valence-electron chi connectivity index (χ1n) is 3.88. The number of nitrogen functional groups attached to an aromatic ring is 1. The maximum atomic E-state index is 11.6. The summed E-state index contributed by atoms with van der Waals surface area (Å²) < 4.78 is 11.6. The van der Waals surface area contributed by atoms with Crippen LogP contribution < -0.4 is 5.73 Å². The smallest absolute Gasteiger partial charge is 0.0620 e. The molecule has 1 unspecified atom stereocenters. The van der Waals surface area contributed by atoms with Gasteiger partial charge in [0, 0.05) is 10.9 Å². The molecule has 0 amide bonds. The first-order chi connectivity index (χ1) is 5.63. The lowest BCUT2D eigenvalue weighted by Crippen LogP contribution is -2.07. The van der Waals surface area contributed by atoms with Crippen LogP contribution in [0.25, 0.3) is 0 Å². The molecule has 2 nitrogen and oxygen atoms in total. The van der Waals surface area contributed by atoms with E-state index in [2.05, 4.69) is 0 Å². The average molecular weight is 183 g/mol. The monoisotopic (exact) mass is 183 g/mol. The Morgan fingerprint density at radius 2 is 1.92 bits per heavy atom. The third-order valence-corrected chi connectivity index (χ3v) is 3.23. The van der Waals surface area contributed by atoms with Gasteiger partial charge in [-0.25, -0.2) is 0 Å². The van der Waals surface area contributed by atoms with E-state index in [-0.39, 0.29) is 5.25 Å². The summed E-state index contributed by atoms with van der Waals surface area (Å²) in [7, 11) is -0.972. The van der Waals surface area contributed by atoms with Crippen molar-refractivity contribution in [3.8, 4) is 0 Å². The highest BCUT2D eigenvalue weighted by atomic mass is 32.2. The fourth-order valence-corrected chi connectivity index (χ4v) is 1.94. The van der Waals surface area contributed by atoms with Gasteiger partial charge in [-0.2, -0.15) is 0 Å². The summed E-state index contributed by atoms with van der Waals surface area (Å²) in [5.74, 6) is 0. The molecule has 1 aromatic rings. The zero-order valence-corrected chi connectivity index (χ0v) is 8.10. The van der Waals surface area contributed by atoms with Crippen molar-refractivity contribution in [3.05, 3.63) is 24.3 Å². The molecule has 0 saturated carbocycles. The minimum absolute atomic E-state index is 0.120. The van der Waals surface area contributed by atoms with Crippen LogP contribution in [0.4, 0.5) is 5.69 Å². The van der Waals surface area contributed by atoms with Gasteiger partial charge in [-0.15, -0.1) is 0 Å². The molecule has 1 atom stereocenters. The molecule has 66 valence electrons. The van der Waals surface area contributed by atoms with E-state index < -0.39 is 10.8 Å². The summed E-state index contributed by atoms with van der Waals surface area (Å²) in [4.78, 5) is 0.743. The number of rotatable bonds is 2. The van der Waals surface area contributed by atoms with Gasteiger partial charge in [-0.1, -0.05) is 26.0 Å². The van der Waals surface area contributed by atoms with Crippen molar-refractivity contribution in [2.45, 2.75) is 24.0 Å². The molecule has 0 saturated heterocycles. The van der Waals surface area contributed by atoms with Gasteiger partial charge in [0.05, 0.1) is 15.7 Å². The lowest BCUT2D eigenvalue weighted by Gasteiger charge is -2.07. The van der Waals surface area contributed by atoms with E-state index in [4.69, 9.17) is 5.73 Å². The summed E-state index contributed by atoms with van der Waals surface area (Å²) in [6.45, 7) is 3.84. The van der Waals surface area contributed by atoms with Gasteiger partial charge in [0.1, 0.15) is 0 Å². The molecule has 0 aliphatic heterocycles. The van der Waals surface area contributed by atoms with Crippen LogP contribution in [-0.4, -0.2) is 9.46 Å². The van der Waals surface area contributed by atoms with Crippen LogP contribution >= 0.6 is 0 Å². The predicted octanol–water partition coefficient (Wildman–Crippen LogP) is 1.78. The second kappa shape index (κ2) is 3.72. The van der Waals surface area contributed by atoms with Crippen LogP contribution in [-0.2, 0) is 10.8 Å². The van der Waals surface area contributed by atoms with Crippen molar-refractivity contribution in [2.75, 3.05) is 5.73 Å². The van der Waals surface area contributed by atoms with Crippen molar-refractivity contribution in [1.82, 2.24) is 0 Å². The molecule has 12 heavy (non-hydrogen) atoms. The second-order valence-corrected chi connectivity index (χ2v) is 4.86. The highest BCUT2D eigenvalue weighted by molar-refractivity contribution is 7.85. The van der Waals surface area contributed by atoms with E-state index in [9.17, 15) is 4.21 Å². The Morgan fingerprint density at radius 1 is 1.33 bits per heavy atom. The Bertz CT molecular complexity index is 296. The Labute approximate surface area is 75.2 Å². The van der Waals surface area contributed by atoms with Crippen LogP contribution in [0.1, 0.15) is 13.8 Å². The Hall–Kier alpha value is -0.830. The summed E-state index contributed by atoms with van der Waals surface area (Å²) in [5.41, 5.74) is 6.28. The summed E-state index contributed by atoms with van der Waals surface area (Å²) >= 11 is 0. The van der Waals surface area contributed by atoms with Crippen molar-refractivity contribution in [3.63, 3.8) is 0 Å². The van der Waals surface area contributed by atoms with E-state index >= 15 is 0 Å². The Kier molecular flexibility index (Phi) is 2.87. The van der Waals surface area contributed by atoms with E-state index in [1.807, 2.05) is 32.0 Å². The number of hydrogen-bond donors (Lipinski definition) is 1. The lowest BCUT2D eigenvalue weighted by atomic mass is 10.3. The number of benzene rings is 1. The fraction of sp³-hybridized carbons (Fsp3) is 0.333.